The summed E-state index contributed by atoms with van der Waals surface area (Å²) in [7, 11) is 0. The van der Waals surface area contributed by atoms with Gasteiger partial charge < -0.3 is 10.6 Å². The molecule has 0 aliphatic rings. The molecule has 0 saturated heterocycles. The molecule has 0 aliphatic heterocycles. The van der Waals surface area contributed by atoms with Gasteiger partial charge in [-0.3, -0.25) is 0 Å². The molecule has 2 rings (SSSR count). The van der Waals surface area contributed by atoms with Gasteiger partial charge in [0.1, 0.15) is 5.82 Å². The lowest BCUT2D eigenvalue weighted by Crippen LogP contribution is -2.19. The zero-order valence-corrected chi connectivity index (χ0v) is 12.8. The Hall–Kier alpha value is -1.36. The van der Waals surface area contributed by atoms with Gasteiger partial charge in [-0.2, -0.15) is 0 Å². The highest BCUT2D eigenvalue weighted by Crippen LogP contribution is 2.22. The van der Waals surface area contributed by atoms with E-state index in [0.29, 0.717) is 32.1 Å². The minimum atomic E-state index is -0.254. The second-order valence-corrected chi connectivity index (χ2v) is 5.48. The Balaban J connectivity index is 2.06. The van der Waals surface area contributed by atoms with Crippen molar-refractivity contribution < 1.29 is 4.39 Å². The van der Waals surface area contributed by atoms with Crippen molar-refractivity contribution in [2.45, 2.75) is 6.92 Å². The maximum Gasteiger partial charge on any atom is 0.175 e. The molecule has 0 heterocycles. The molecule has 0 unspecified atom stereocenters. The summed E-state index contributed by atoms with van der Waals surface area (Å²) in [6, 6.07) is 9.72. The fourth-order valence-electron chi connectivity index (χ4n) is 1.64. The van der Waals surface area contributed by atoms with Crippen LogP contribution < -0.4 is 10.6 Å². The first-order valence-electron chi connectivity index (χ1n) is 5.74. The van der Waals surface area contributed by atoms with Crippen molar-refractivity contribution in [2.75, 3.05) is 10.6 Å². The van der Waals surface area contributed by atoms with Gasteiger partial charge in [-0.15, -0.1) is 0 Å². The maximum atomic E-state index is 13.2. The van der Waals surface area contributed by atoms with Crippen LogP contribution in [0.1, 0.15) is 5.56 Å². The number of rotatable bonds is 2. The van der Waals surface area contributed by atoms with Crippen LogP contribution in [0.2, 0.25) is 10.0 Å². The Kier molecular flexibility index (Phi) is 4.81. The van der Waals surface area contributed by atoms with Crippen LogP contribution in [-0.2, 0) is 0 Å². The van der Waals surface area contributed by atoms with Crippen molar-refractivity contribution in [3.05, 3.63) is 57.8 Å². The average molecular weight is 329 g/mol. The van der Waals surface area contributed by atoms with Crippen LogP contribution in [0.3, 0.4) is 0 Å². The smallest absolute Gasteiger partial charge is 0.175 e. The van der Waals surface area contributed by atoms with E-state index in [1.165, 1.54) is 6.07 Å². The average Bonchev–Trinajstić information content (AvgIpc) is 2.32. The topological polar surface area (TPSA) is 24.1 Å². The monoisotopic (exact) mass is 328 g/mol. The van der Waals surface area contributed by atoms with E-state index in [1.54, 1.807) is 37.3 Å². The second kappa shape index (κ2) is 6.39. The molecule has 0 saturated carbocycles. The van der Waals surface area contributed by atoms with Gasteiger partial charge in [0.15, 0.2) is 5.11 Å². The molecule has 20 heavy (non-hydrogen) atoms. The Morgan fingerprint density at radius 2 is 1.60 bits per heavy atom. The van der Waals surface area contributed by atoms with Crippen molar-refractivity contribution in [1.82, 2.24) is 0 Å². The van der Waals surface area contributed by atoms with Gasteiger partial charge in [0.25, 0.3) is 0 Å². The fourth-order valence-corrected chi connectivity index (χ4v) is 2.40. The molecule has 0 aliphatic carbocycles. The highest BCUT2D eigenvalue weighted by molar-refractivity contribution is 7.80. The minimum Gasteiger partial charge on any atom is -0.332 e. The predicted molar refractivity (Wildman–Crippen MR) is 87.4 cm³/mol. The van der Waals surface area contributed by atoms with E-state index in [4.69, 9.17) is 35.4 Å². The van der Waals surface area contributed by atoms with Crippen molar-refractivity contribution >= 4 is 51.9 Å². The van der Waals surface area contributed by atoms with Gasteiger partial charge in [0.2, 0.25) is 0 Å². The summed E-state index contributed by atoms with van der Waals surface area (Å²) in [5.41, 5.74) is 1.93. The normalized spacial score (nSPS) is 10.2. The molecule has 0 radical (unpaired) electrons. The van der Waals surface area contributed by atoms with E-state index in [2.05, 4.69) is 10.6 Å². The lowest BCUT2D eigenvalue weighted by Gasteiger charge is -2.11. The zero-order chi connectivity index (χ0) is 14.7. The van der Waals surface area contributed by atoms with E-state index in [9.17, 15) is 4.39 Å². The summed E-state index contributed by atoms with van der Waals surface area (Å²) in [4.78, 5) is 0. The van der Waals surface area contributed by atoms with Crippen molar-refractivity contribution in [1.29, 1.82) is 0 Å². The van der Waals surface area contributed by atoms with Crippen LogP contribution in [0.15, 0.2) is 36.4 Å². The van der Waals surface area contributed by atoms with Gasteiger partial charge in [0.05, 0.1) is 0 Å². The number of hydrogen-bond acceptors (Lipinski definition) is 1. The van der Waals surface area contributed by atoms with E-state index >= 15 is 0 Å². The van der Waals surface area contributed by atoms with Gasteiger partial charge >= 0.3 is 0 Å². The third-order valence-corrected chi connectivity index (χ3v) is 3.18. The number of anilines is 2. The first-order chi connectivity index (χ1) is 9.44. The lowest BCUT2D eigenvalue weighted by molar-refractivity contribution is 0.619. The Labute approximate surface area is 131 Å². The standard InChI is InChI=1S/C14H11Cl2FN2S/c1-8-4-11(2-3-13(8)17)18-14(20)19-12-6-9(15)5-10(16)7-12/h2-7H,1H3,(H2,18,19,20). The van der Waals surface area contributed by atoms with E-state index < -0.39 is 0 Å². The van der Waals surface area contributed by atoms with Crippen molar-refractivity contribution in [3.63, 3.8) is 0 Å². The summed E-state index contributed by atoms with van der Waals surface area (Å²) in [5, 5.41) is 7.33. The third-order valence-electron chi connectivity index (χ3n) is 2.54. The van der Waals surface area contributed by atoms with Crippen LogP contribution in [-0.4, -0.2) is 5.11 Å². The molecule has 2 aromatic rings. The van der Waals surface area contributed by atoms with E-state index in [0.717, 1.165) is 0 Å². The molecule has 104 valence electrons. The van der Waals surface area contributed by atoms with Crippen LogP contribution in [0, 0.1) is 12.7 Å². The largest absolute Gasteiger partial charge is 0.332 e. The molecular formula is C14H11Cl2FN2S. The molecular weight excluding hydrogens is 318 g/mol. The Bertz CT molecular complexity index is 641. The Morgan fingerprint density at radius 3 is 2.20 bits per heavy atom. The second-order valence-electron chi connectivity index (χ2n) is 4.20. The van der Waals surface area contributed by atoms with Crippen molar-refractivity contribution in [3.8, 4) is 0 Å². The molecule has 0 spiro atoms. The number of halogens is 3. The number of hydrogen-bond donors (Lipinski definition) is 2. The SMILES string of the molecule is Cc1cc(NC(=S)Nc2cc(Cl)cc(Cl)c2)ccc1F. The number of thiocarbonyl (C=S) groups is 1. The molecule has 2 aromatic carbocycles. The van der Waals surface area contributed by atoms with Gasteiger partial charge in [-0.1, -0.05) is 23.2 Å². The van der Waals surface area contributed by atoms with E-state index in [-0.39, 0.29) is 5.82 Å². The molecule has 6 heteroatoms. The number of aryl methyl sites for hydroxylation is 1. The summed E-state index contributed by atoms with van der Waals surface area (Å²) in [6.07, 6.45) is 0. The molecule has 0 fully saturated rings. The molecule has 0 bridgehead atoms. The number of benzene rings is 2. The highest BCUT2D eigenvalue weighted by atomic mass is 35.5. The quantitative estimate of drug-likeness (QED) is 0.736. The van der Waals surface area contributed by atoms with Crippen LogP contribution in [0.5, 0.6) is 0 Å². The predicted octanol–water partition coefficient (Wildman–Crippen LogP) is 5.25. The molecule has 0 atom stereocenters. The lowest BCUT2D eigenvalue weighted by atomic mass is 10.2. The van der Waals surface area contributed by atoms with Crippen LogP contribution >= 0.6 is 35.4 Å². The summed E-state index contributed by atoms with van der Waals surface area (Å²) < 4.78 is 13.2. The molecule has 2 N–H and O–H groups in total. The minimum absolute atomic E-state index is 0.254. The summed E-state index contributed by atoms with van der Waals surface area (Å²) >= 11 is 17.0. The number of nitrogens with one attached hydrogen (secondary N) is 2. The fraction of sp³-hybridized carbons (Fsp3) is 0.0714. The van der Waals surface area contributed by atoms with E-state index in [1.807, 2.05) is 0 Å². The highest BCUT2D eigenvalue weighted by Gasteiger charge is 2.03. The van der Waals surface area contributed by atoms with Crippen LogP contribution in [0.4, 0.5) is 15.8 Å². The van der Waals surface area contributed by atoms with Gasteiger partial charge in [-0.05, 0) is 61.1 Å². The summed E-state index contributed by atoms with van der Waals surface area (Å²) in [5.74, 6) is -0.254. The van der Waals surface area contributed by atoms with Crippen molar-refractivity contribution in [2.24, 2.45) is 0 Å². The zero-order valence-electron chi connectivity index (χ0n) is 10.5. The molecule has 0 aromatic heterocycles. The molecule has 0 amide bonds. The first kappa shape index (κ1) is 15.0. The first-order valence-corrected chi connectivity index (χ1v) is 6.91. The van der Waals surface area contributed by atoms with Gasteiger partial charge in [-0.25, -0.2) is 4.39 Å². The maximum absolute atomic E-state index is 13.2. The van der Waals surface area contributed by atoms with Gasteiger partial charge in [0, 0.05) is 21.4 Å². The third kappa shape index (κ3) is 4.07. The summed E-state index contributed by atoms with van der Waals surface area (Å²) in [6.45, 7) is 1.69. The molecule has 2 nitrogen and oxygen atoms in total. The van der Waals surface area contributed by atoms with Crippen LogP contribution in [0.25, 0.3) is 0 Å². The Morgan fingerprint density at radius 1 is 1.00 bits per heavy atom.